The summed E-state index contributed by atoms with van der Waals surface area (Å²) >= 11 is 1.71. The molecule has 8 heteroatoms. The van der Waals surface area contributed by atoms with Crippen molar-refractivity contribution in [2.75, 3.05) is 32.6 Å². The molecule has 0 aromatic heterocycles. The van der Waals surface area contributed by atoms with Gasteiger partial charge in [0.15, 0.2) is 0 Å². The lowest BCUT2D eigenvalue weighted by Crippen LogP contribution is -2.55. The molecule has 0 saturated carbocycles. The van der Waals surface area contributed by atoms with Crippen LogP contribution in [0.5, 0.6) is 0 Å². The smallest absolute Gasteiger partial charge is 0.323 e. The van der Waals surface area contributed by atoms with Gasteiger partial charge in [0, 0.05) is 18.8 Å². The van der Waals surface area contributed by atoms with Crippen LogP contribution in [0.3, 0.4) is 0 Å². The Morgan fingerprint density at radius 3 is 2.75 bits per heavy atom. The summed E-state index contributed by atoms with van der Waals surface area (Å²) in [4.78, 5) is 25.0. The Kier molecular flexibility index (Phi) is 4.90. The molecule has 0 unspecified atom stereocenters. The maximum absolute atomic E-state index is 11.9. The molecule has 20 heavy (non-hydrogen) atoms. The fourth-order valence-electron chi connectivity index (χ4n) is 2.60. The minimum absolute atomic E-state index is 0.154. The molecule has 7 nitrogen and oxygen atoms in total. The number of piperidine rings is 1. The number of carbonyl (C=O) groups is 2. The molecule has 0 aliphatic carbocycles. The first-order valence-electron chi connectivity index (χ1n) is 6.66. The number of amides is 1. The van der Waals surface area contributed by atoms with Crippen LogP contribution in [0.2, 0.25) is 0 Å². The van der Waals surface area contributed by atoms with Crippen LogP contribution in [-0.2, 0) is 14.3 Å². The summed E-state index contributed by atoms with van der Waals surface area (Å²) in [6, 6.07) is -1.11. The van der Waals surface area contributed by atoms with Crippen molar-refractivity contribution < 1.29 is 19.4 Å². The third-order valence-electron chi connectivity index (χ3n) is 3.85. The molecule has 2 rings (SSSR count). The number of hydrogen-bond donors (Lipinski definition) is 3. The maximum Gasteiger partial charge on any atom is 0.323 e. The fraction of sp³-hybridized carbons (Fsp3) is 0.833. The number of ether oxygens (including phenoxy) is 1. The minimum atomic E-state index is -0.837. The van der Waals surface area contributed by atoms with Gasteiger partial charge in [-0.05, 0) is 12.8 Å². The van der Waals surface area contributed by atoms with Gasteiger partial charge in [-0.3, -0.25) is 14.9 Å². The van der Waals surface area contributed by atoms with Crippen LogP contribution in [0.1, 0.15) is 12.8 Å². The van der Waals surface area contributed by atoms with E-state index in [0.29, 0.717) is 18.8 Å². The van der Waals surface area contributed by atoms with Gasteiger partial charge in [0.1, 0.15) is 12.1 Å². The predicted molar refractivity (Wildman–Crippen MR) is 75.0 cm³/mol. The van der Waals surface area contributed by atoms with E-state index in [2.05, 4.69) is 5.32 Å². The van der Waals surface area contributed by atoms with E-state index >= 15 is 0 Å². The molecule has 2 heterocycles. The molecule has 2 fully saturated rings. The predicted octanol–water partition coefficient (Wildman–Crippen LogP) is -1.50. The lowest BCUT2D eigenvalue weighted by molar-refractivity contribution is -0.143. The summed E-state index contributed by atoms with van der Waals surface area (Å²) in [6.45, 7) is 0.832. The number of carbonyl (C=O) groups excluding carboxylic acids is 2. The van der Waals surface area contributed by atoms with Crippen molar-refractivity contribution in [3.05, 3.63) is 0 Å². The number of nitrogens with zero attached hydrogens (tertiary/aromatic N) is 1. The molecule has 4 N–H and O–H groups in total. The van der Waals surface area contributed by atoms with Crippen molar-refractivity contribution >= 4 is 23.6 Å². The molecule has 2 aliphatic rings. The largest absolute Gasteiger partial charge is 0.468 e. The molecule has 0 radical (unpaired) electrons. The van der Waals surface area contributed by atoms with Gasteiger partial charge in [-0.25, -0.2) is 0 Å². The van der Waals surface area contributed by atoms with E-state index in [1.54, 1.807) is 16.7 Å². The first-order valence-corrected chi connectivity index (χ1v) is 7.64. The Hall–Kier alpha value is -0.830. The first kappa shape index (κ1) is 15.6. The third kappa shape index (κ3) is 3.08. The molecular formula is C12H21N3O4S. The van der Waals surface area contributed by atoms with Gasteiger partial charge < -0.3 is 20.5 Å². The van der Waals surface area contributed by atoms with Gasteiger partial charge in [-0.2, -0.15) is 0 Å². The van der Waals surface area contributed by atoms with Crippen LogP contribution in [0.25, 0.3) is 0 Å². The number of aliphatic hydroxyl groups excluding tert-OH is 1. The second-order valence-corrected chi connectivity index (χ2v) is 6.54. The Morgan fingerprint density at radius 1 is 1.55 bits per heavy atom. The minimum Gasteiger partial charge on any atom is -0.468 e. The Balaban J connectivity index is 1.89. The second kappa shape index (κ2) is 6.30. The molecule has 114 valence electrons. The van der Waals surface area contributed by atoms with E-state index < -0.39 is 6.04 Å². The molecule has 2 aliphatic heterocycles. The van der Waals surface area contributed by atoms with Gasteiger partial charge >= 0.3 is 5.97 Å². The van der Waals surface area contributed by atoms with E-state index in [1.165, 1.54) is 7.11 Å². The van der Waals surface area contributed by atoms with E-state index in [9.17, 15) is 9.59 Å². The lowest BCUT2D eigenvalue weighted by Gasteiger charge is -2.39. The number of likely N-dealkylation sites (tertiary alicyclic amines) is 1. The number of aliphatic hydroxyl groups is 1. The SMILES string of the molecule is COC(=O)[C@@H]1CSC2(CCN(C(=O)[C@@H](N)CO)CC2)N1. The number of methoxy groups -OCH3 is 1. The zero-order valence-electron chi connectivity index (χ0n) is 11.5. The third-order valence-corrected chi connectivity index (χ3v) is 5.42. The van der Waals surface area contributed by atoms with E-state index in [4.69, 9.17) is 15.6 Å². The zero-order chi connectivity index (χ0) is 14.8. The molecule has 2 saturated heterocycles. The topological polar surface area (TPSA) is 105 Å². The van der Waals surface area contributed by atoms with Crippen molar-refractivity contribution in [3.63, 3.8) is 0 Å². The van der Waals surface area contributed by atoms with Crippen LogP contribution in [0.15, 0.2) is 0 Å². The van der Waals surface area contributed by atoms with Gasteiger partial charge in [-0.1, -0.05) is 0 Å². The summed E-state index contributed by atoms with van der Waals surface area (Å²) in [7, 11) is 1.39. The lowest BCUT2D eigenvalue weighted by atomic mass is 10.0. The van der Waals surface area contributed by atoms with Gasteiger partial charge in [0.2, 0.25) is 5.91 Å². The van der Waals surface area contributed by atoms with Crippen LogP contribution in [0.4, 0.5) is 0 Å². The normalized spacial score (nSPS) is 26.6. The number of hydrogen-bond acceptors (Lipinski definition) is 7. The standard InChI is InChI=1S/C12H21N3O4S/c1-19-11(18)9-7-20-12(14-9)2-4-15(5-3-12)10(17)8(13)6-16/h8-9,14,16H,2-7,13H2,1H3/t8-,9-/m0/s1. The van der Waals surface area contributed by atoms with E-state index in [1.807, 2.05) is 0 Å². The summed E-state index contributed by atoms with van der Waals surface area (Å²) < 4.78 is 4.75. The summed E-state index contributed by atoms with van der Waals surface area (Å²) in [5.41, 5.74) is 5.55. The van der Waals surface area contributed by atoms with Crippen molar-refractivity contribution in [3.8, 4) is 0 Å². The van der Waals surface area contributed by atoms with Crippen molar-refractivity contribution in [2.45, 2.75) is 29.8 Å². The van der Waals surface area contributed by atoms with E-state index in [-0.39, 0.29) is 29.4 Å². The van der Waals surface area contributed by atoms with Gasteiger partial charge in [0.25, 0.3) is 0 Å². The average molecular weight is 303 g/mol. The number of rotatable bonds is 3. The monoisotopic (exact) mass is 303 g/mol. The second-order valence-electron chi connectivity index (χ2n) is 5.14. The molecule has 0 bridgehead atoms. The molecule has 2 atom stereocenters. The summed E-state index contributed by atoms with van der Waals surface area (Å²) in [6.07, 6.45) is 1.52. The highest BCUT2D eigenvalue weighted by Crippen LogP contribution is 2.39. The van der Waals surface area contributed by atoms with Crippen molar-refractivity contribution in [1.82, 2.24) is 10.2 Å². The van der Waals surface area contributed by atoms with Crippen LogP contribution in [0, 0.1) is 0 Å². The molecule has 0 aromatic rings. The molecular weight excluding hydrogens is 282 g/mol. The van der Waals surface area contributed by atoms with Crippen LogP contribution >= 0.6 is 11.8 Å². The number of esters is 1. The number of thioether (sulfide) groups is 1. The Labute approximate surface area is 122 Å². The number of nitrogens with two attached hydrogens (primary N) is 1. The zero-order valence-corrected chi connectivity index (χ0v) is 12.3. The van der Waals surface area contributed by atoms with E-state index in [0.717, 1.165) is 12.8 Å². The summed E-state index contributed by atoms with van der Waals surface area (Å²) in [5.74, 6) is 0.238. The van der Waals surface area contributed by atoms with Gasteiger partial charge in [0.05, 0.1) is 18.6 Å². The molecule has 1 amide bonds. The van der Waals surface area contributed by atoms with Crippen molar-refractivity contribution in [2.24, 2.45) is 5.73 Å². The van der Waals surface area contributed by atoms with Gasteiger partial charge in [-0.15, -0.1) is 11.8 Å². The van der Waals surface area contributed by atoms with Crippen LogP contribution in [-0.4, -0.2) is 71.4 Å². The highest BCUT2D eigenvalue weighted by atomic mass is 32.2. The van der Waals surface area contributed by atoms with Crippen LogP contribution < -0.4 is 11.1 Å². The average Bonchev–Trinajstić information content (AvgIpc) is 2.89. The molecule has 1 spiro atoms. The maximum atomic E-state index is 11.9. The first-order chi connectivity index (χ1) is 9.51. The number of nitrogens with one attached hydrogen (secondary N) is 1. The van der Waals surface area contributed by atoms with Crippen molar-refractivity contribution in [1.29, 1.82) is 0 Å². The Bertz CT molecular complexity index is 385. The molecule has 0 aromatic carbocycles. The highest BCUT2D eigenvalue weighted by molar-refractivity contribution is 8.01. The highest BCUT2D eigenvalue weighted by Gasteiger charge is 2.45. The fourth-order valence-corrected chi connectivity index (χ4v) is 4.00. The summed E-state index contributed by atoms with van der Waals surface area (Å²) in [5, 5.41) is 12.3. The Morgan fingerprint density at radius 2 is 2.20 bits per heavy atom. The quantitative estimate of drug-likeness (QED) is 0.545.